The van der Waals surface area contributed by atoms with Gasteiger partial charge in [-0.15, -0.1) is 0 Å². The van der Waals surface area contributed by atoms with Gasteiger partial charge in [-0.2, -0.15) is 0 Å². The van der Waals surface area contributed by atoms with Crippen LogP contribution in [0.2, 0.25) is 0 Å². The Labute approximate surface area is 126 Å². The third-order valence-corrected chi connectivity index (χ3v) is 3.38. The van der Waals surface area contributed by atoms with Gasteiger partial charge < -0.3 is 10.1 Å². The third-order valence-electron chi connectivity index (χ3n) is 2.72. The molecule has 1 amide bonds. The van der Waals surface area contributed by atoms with Gasteiger partial charge in [0, 0.05) is 15.8 Å². The van der Waals surface area contributed by atoms with E-state index in [-0.39, 0.29) is 0 Å². The Balaban J connectivity index is 2.08. The Kier molecular flexibility index (Phi) is 4.63. The molecule has 0 aliphatic heterocycles. The molecular formula is C15H15BrN2O2. The van der Waals surface area contributed by atoms with E-state index in [1.54, 1.807) is 12.1 Å². The fourth-order valence-corrected chi connectivity index (χ4v) is 2.28. The molecule has 0 saturated heterocycles. The maximum absolute atomic E-state index is 11.1. The van der Waals surface area contributed by atoms with E-state index in [0.29, 0.717) is 5.69 Å². The molecule has 2 rings (SSSR count). The highest BCUT2D eigenvalue weighted by molar-refractivity contribution is 9.10. The van der Waals surface area contributed by atoms with Gasteiger partial charge >= 0.3 is 6.09 Å². The average molecular weight is 335 g/mol. The third kappa shape index (κ3) is 3.74. The molecule has 0 aromatic heterocycles. The van der Waals surface area contributed by atoms with Crippen LogP contribution >= 0.6 is 15.9 Å². The van der Waals surface area contributed by atoms with Crippen molar-refractivity contribution in [2.75, 3.05) is 17.7 Å². The number of anilines is 3. The zero-order valence-corrected chi connectivity index (χ0v) is 12.8. The van der Waals surface area contributed by atoms with Crippen LogP contribution in [-0.2, 0) is 4.74 Å². The summed E-state index contributed by atoms with van der Waals surface area (Å²) in [7, 11) is 1.33. The Morgan fingerprint density at radius 1 is 1.10 bits per heavy atom. The summed E-state index contributed by atoms with van der Waals surface area (Å²) in [5, 5.41) is 5.91. The lowest BCUT2D eigenvalue weighted by atomic mass is 10.2. The zero-order chi connectivity index (χ0) is 14.5. The van der Waals surface area contributed by atoms with E-state index in [9.17, 15) is 4.79 Å². The van der Waals surface area contributed by atoms with Gasteiger partial charge in [-0.1, -0.05) is 6.07 Å². The maximum Gasteiger partial charge on any atom is 0.411 e. The van der Waals surface area contributed by atoms with E-state index in [1.165, 1.54) is 12.7 Å². The highest BCUT2D eigenvalue weighted by Crippen LogP contribution is 2.27. The highest BCUT2D eigenvalue weighted by Gasteiger charge is 2.02. The number of hydrogen-bond donors (Lipinski definition) is 2. The minimum absolute atomic E-state index is 0.480. The lowest BCUT2D eigenvalue weighted by Crippen LogP contribution is -2.10. The molecule has 0 saturated carbocycles. The molecular weight excluding hydrogens is 320 g/mol. The van der Waals surface area contributed by atoms with Gasteiger partial charge in [-0.25, -0.2) is 4.79 Å². The van der Waals surface area contributed by atoms with Crippen molar-refractivity contribution in [1.29, 1.82) is 0 Å². The number of rotatable bonds is 3. The smallest absolute Gasteiger partial charge is 0.411 e. The summed E-state index contributed by atoms with van der Waals surface area (Å²) >= 11 is 3.53. The molecule has 0 unspecified atom stereocenters. The number of carbonyl (C=O) groups excluding carboxylic acids is 1. The van der Waals surface area contributed by atoms with Gasteiger partial charge in [0.1, 0.15) is 0 Å². The van der Waals surface area contributed by atoms with Crippen molar-refractivity contribution >= 4 is 39.1 Å². The van der Waals surface area contributed by atoms with Crippen LogP contribution in [-0.4, -0.2) is 13.2 Å². The van der Waals surface area contributed by atoms with E-state index in [4.69, 9.17) is 0 Å². The van der Waals surface area contributed by atoms with Crippen LogP contribution in [0.4, 0.5) is 21.9 Å². The minimum atomic E-state index is -0.480. The summed E-state index contributed by atoms with van der Waals surface area (Å²) in [4.78, 5) is 11.1. The Bertz CT molecular complexity index is 612. The van der Waals surface area contributed by atoms with Crippen molar-refractivity contribution < 1.29 is 9.53 Å². The van der Waals surface area contributed by atoms with Crippen molar-refractivity contribution in [3.05, 3.63) is 52.5 Å². The van der Waals surface area contributed by atoms with Crippen LogP contribution < -0.4 is 10.6 Å². The van der Waals surface area contributed by atoms with E-state index in [2.05, 4.69) is 37.4 Å². The van der Waals surface area contributed by atoms with Crippen molar-refractivity contribution in [2.24, 2.45) is 0 Å². The largest absolute Gasteiger partial charge is 0.453 e. The number of nitrogens with one attached hydrogen (secondary N) is 2. The molecule has 0 atom stereocenters. The van der Waals surface area contributed by atoms with Gasteiger partial charge in [0.15, 0.2) is 0 Å². The van der Waals surface area contributed by atoms with E-state index in [0.717, 1.165) is 15.8 Å². The Morgan fingerprint density at radius 2 is 1.75 bits per heavy atom. The molecule has 20 heavy (non-hydrogen) atoms. The Morgan fingerprint density at radius 3 is 2.35 bits per heavy atom. The monoisotopic (exact) mass is 334 g/mol. The van der Waals surface area contributed by atoms with E-state index >= 15 is 0 Å². The second kappa shape index (κ2) is 6.43. The SMILES string of the molecule is COC(=O)Nc1ccc(Nc2ccc(C)cc2Br)cc1. The first-order chi connectivity index (χ1) is 9.58. The van der Waals surface area contributed by atoms with E-state index < -0.39 is 6.09 Å². The van der Waals surface area contributed by atoms with Crippen LogP contribution in [0.3, 0.4) is 0 Å². The maximum atomic E-state index is 11.1. The number of ether oxygens (including phenoxy) is 1. The second-order valence-corrected chi connectivity index (χ2v) is 5.16. The molecule has 0 fully saturated rings. The molecule has 0 aliphatic rings. The van der Waals surface area contributed by atoms with Gasteiger partial charge in [0.05, 0.1) is 12.8 Å². The summed E-state index contributed by atoms with van der Waals surface area (Å²) in [6, 6.07) is 13.5. The van der Waals surface area contributed by atoms with Crippen LogP contribution in [0.15, 0.2) is 46.9 Å². The first-order valence-electron chi connectivity index (χ1n) is 6.06. The van der Waals surface area contributed by atoms with E-state index in [1.807, 2.05) is 31.2 Å². The van der Waals surface area contributed by atoms with Crippen molar-refractivity contribution in [3.63, 3.8) is 0 Å². The highest BCUT2D eigenvalue weighted by atomic mass is 79.9. The Hall–Kier alpha value is -2.01. The fourth-order valence-electron chi connectivity index (χ4n) is 1.68. The number of carbonyl (C=O) groups is 1. The van der Waals surface area contributed by atoms with Crippen LogP contribution in [0.25, 0.3) is 0 Å². The quantitative estimate of drug-likeness (QED) is 0.856. The van der Waals surface area contributed by atoms with Crippen molar-refractivity contribution in [3.8, 4) is 0 Å². The number of benzene rings is 2. The fraction of sp³-hybridized carbons (Fsp3) is 0.133. The number of methoxy groups -OCH3 is 1. The van der Waals surface area contributed by atoms with Crippen LogP contribution in [0.1, 0.15) is 5.56 Å². The summed E-state index contributed by atoms with van der Waals surface area (Å²) in [5.41, 5.74) is 3.81. The predicted molar refractivity (Wildman–Crippen MR) is 84.6 cm³/mol. The van der Waals surface area contributed by atoms with Gasteiger partial charge in [-0.05, 0) is 64.8 Å². The standard InChI is InChI=1S/C15H15BrN2O2/c1-10-3-8-14(13(16)9-10)17-11-4-6-12(7-5-11)18-15(19)20-2/h3-9,17H,1-2H3,(H,18,19). The number of amides is 1. The first-order valence-corrected chi connectivity index (χ1v) is 6.86. The summed E-state index contributed by atoms with van der Waals surface area (Å²) < 4.78 is 5.54. The lowest BCUT2D eigenvalue weighted by Gasteiger charge is -2.10. The molecule has 2 aromatic rings. The molecule has 104 valence electrons. The molecule has 2 aromatic carbocycles. The summed E-state index contributed by atoms with van der Waals surface area (Å²) in [5.74, 6) is 0. The van der Waals surface area contributed by atoms with Gasteiger partial charge in [-0.3, -0.25) is 5.32 Å². The normalized spacial score (nSPS) is 9.95. The number of hydrogen-bond acceptors (Lipinski definition) is 3. The first kappa shape index (κ1) is 14.4. The predicted octanol–water partition coefficient (Wildman–Crippen LogP) is 4.68. The topological polar surface area (TPSA) is 50.4 Å². The van der Waals surface area contributed by atoms with Crippen LogP contribution in [0, 0.1) is 6.92 Å². The van der Waals surface area contributed by atoms with Crippen molar-refractivity contribution in [1.82, 2.24) is 0 Å². The number of aryl methyl sites for hydroxylation is 1. The molecule has 5 heteroatoms. The molecule has 0 aliphatic carbocycles. The zero-order valence-electron chi connectivity index (χ0n) is 11.2. The molecule has 4 nitrogen and oxygen atoms in total. The lowest BCUT2D eigenvalue weighted by molar-refractivity contribution is 0.187. The summed E-state index contributed by atoms with van der Waals surface area (Å²) in [6.45, 7) is 2.04. The van der Waals surface area contributed by atoms with Crippen LogP contribution in [0.5, 0.6) is 0 Å². The molecule has 0 radical (unpaired) electrons. The summed E-state index contributed by atoms with van der Waals surface area (Å²) in [6.07, 6.45) is -0.480. The molecule has 0 heterocycles. The van der Waals surface area contributed by atoms with Gasteiger partial charge in [0.2, 0.25) is 0 Å². The minimum Gasteiger partial charge on any atom is -0.453 e. The molecule has 0 bridgehead atoms. The van der Waals surface area contributed by atoms with Crippen molar-refractivity contribution in [2.45, 2.75) is 6.92 Å². The number of halogens is 1. The van der Waals surface area contributed by atoms with Gasteiger partial charge in [0.25, 0.3) is 0 Å². The molecule has 0 spiro atoms. The average Bonchev–Trinajstić information content (AvgIpc) is 2.44. The molecule has 2 N–H and O–H groups in total. The second-order valence-electron chi connectivity index (χ2n) is 4.30.